The van der Waals surface area contributed by atoms with Crippen molar-refractivity contribution in [3.8, 4) is 0 Å². The summed E-state index contributed by atoms with van der Waals surface area (Å²) >= 11 is 0. The first kappa shape index (κ1) is 16.1. The number of benzene rings is 1. The molecule has 0 saturated carbocycles. The lowest BCUT2D eigenvalue weighted by Gasteiger charge is -2.20. The summed E-state index contributed by atoms with van der Waals surface area (Å²) in [4.78, 5) is 24.2. The second-order valence-corrected chi connectivity index (χ2v) is 6.10. The molecule has 2 rings (SSSR count). The van der Waals surface area contributed by atoms with Gasteiger partial charge in [-0.1, -0.05) is 0 Å². The van der Waals surface area contributed by atoms with Crippen LogP contribution in [0.1, 0.15) is 36.7 Å². The van der Waals surface area contributed by atoms with Crippen molar-refractivity contribution in [1.82, 2.24) is 4.57 Å². The number of methoxy groups -OCH3 is 1. The Kier molecular flexibility index (Phi) is 4.05. The summed E-state index contributed by atoms with van der Waals surface area (Å²) < 4.78 is 11.4. The van der Waals surface area contributed by atoms with Gasteiger partial charge in [0.15, 0.2) is 0 Å². The molecule has 0 aliphatic rings. The van der Waals surface area contributed by atoms with Crippen molar-refractivity contribution in [2.24, 2.45) is 0 Å². The van der Waals surface area contributed by atoms with Crippen molar-refractivity contribution >= 4 is 36.4 Å². The van der Waals surface area contributed by atoms with Gasteiger partial charge in [0.05, 0.1) is 18.2 Å². The van der Waals surface area contributed by atoms with Crippen LogP contribution in [0.25, 0.3) is 10.9 Å². The van der Waals surface area contributed by atoms with Crippen molar-refractivity contribution < 1.29 is 19.1 Å². The molecule has 22 heavy (non-hydrogen) atoms. The number of esters is 1. The van der Waals surface area contributed by atoms with Crippen LogP contribution in [0.5, 0.6) is 0 Å². The number of fused-ring (bicyclic) bond motifs is 1. The Hall–Kier alpha value is -2.24. The number of hydrogen-bond acceptors (Lipinski definition) is 4. The first-order valence-electron chi connectivity index (χ1n) is 6.87. The number of carbonyl (C=O) groups excluding carboxylic acids is 2. The lowest BCUT2D eigenvalue weighted by Crippen LogP contribution is -2.32. The zero-order valence-electron chi connectivity index (χ0n) is 13.4. The largest absolute Gasteiger partial charge is 0.465 e. The minimum Gasteiger partial charge on any atom is -0.465 e. The molecule has 0 atom stereocenters. The number of aryl methyl sites for hydroxylation is 1. The van der Waals surface area contributed by atoms with E-state index < -0.39 is 17.7 Å². The van der Waals surface area contributed by atoms with E-state index in [1.54, 1.807) is 45.9 Å². The van der Waals surface area contributed by atoms with Crippen molar-refractivity contribution in [2.75, 3.05) is 7.11 Å². The summed E-state index contributed by atoms with van der Waals surface area (Å²) in [5, 5.41) is 0.758. The highest BCUT2D eigenvalue weighted by atomic mass is 16.6. The fourth-order valence-electron chi connectivity index (χ4n) is 2.23. The first-order valence-corrected chi connectivity index (χ1v) is 6.87. The van der Waals surface area contributed by atoms with Crippen LogP contribution in [0.15, 0.2) is 18.2 Å². The zero-order chi connectivity index (χ0) is 16.7. The van der Waals surface area contributed by atoms with E-state index >= 15 is 0 Å². The van der Waals surface area contributed by atoms with Gasteiger partial charge in [0.25, 0.3) is 0 Å². The molecule has 1 aromatic heterocycles. The maximum absolute atomic E-state index is 12.3. The second kappa shape index (κ2) is 5.52. The molecule has 0 saturated heterocycles. The highest BCUT2D eigenvalue weighted by molar-refractivity contribution is 6.34. The number of rotatable bonds is 1. The van der Waals surface area contributed by atoms with Crippen molar-refractivity contribution in [3.05, 3.63) is 29.3 Å². The van der Waals surface area contributed by atoms with Gasteiger partial charge in [0.2, 0.25) is 0 Å². The normalized spacial score (nSPS) is 11.5. The first-order chi connectivity index (χ1) is 10.1. The number of hydrogen-bond donors (Lipinski definition) is 0. The van der Waals surface area contributed by atoms with Crippen LogP contribution < -0.4 is 5.59 Å². The summed E-state index contributed by atoms with van der Waals surface area (Å²) in [6.07, 6.45) is -0.584. The number of carbonyl (C=O) groups is 2. The Morgan fingerprint density at radius 3 is 2.36 bits per heavy atom. The van der Waals surface area contributed by atoms with E-state index in [4.69, 9.17) is 17.3 Å². The van der Waals surface area contributed by atoms with Crippen LogP contribution >= 0.6 is 0 Å². The van der Waals surface area contributed by atoms with E-state index in [0.717, 1.165) is 10.9 Å². The summed E-state index contributed by atoms with van der Waals surface area (Å²) in [6, 6.07) is 5.06. The van der Waals surface area contributed by atoms with Crippen LogP contribution in [-0.2, 0) is 9.47 Å². The molecule has 2 radical (unpaired) electrons. The van der Waals surface area contributed by atoms with Gasteiger partial charge in [-0.15, -0.1) is 0 Å². The molecule has 5 nitrogen and oxygen atoms in total. The van der Waals surface area contributed by atoms with Gasteiger partial charge < -0.3 is 9.47 Å². The van der Waals surface area contributed by atoms with Crippen LogP contribution in [0, 0.1) is 6.92 Å². The smallest absolute Gasteiger partial charge is 0.418 e. The minimum absolute atomic E-state index is 0.255. The Balaban J connectivity index is 2.62. The summed E-state index contributed by atoms with van der Waals surface area (Å²) in [5.41, 5.74) is 1.26. The summed E-state index contributed by atoms with van der Waals surface area (Å²) in [7, 11) is 7.24. The lowest BCUT2D eigenvalue weighted by atomic mass is 10.0. The Morgan fingerprint density at radius 2 is 1.82 bits per heavy atom. The molecule has 0 aliphatic carbocycles. The van der Waals surface area contributed by atoms with Crippen molar-refractivity contribution in [2.45, 2.75) is 33.3 Å². The quantitative estimate of drug-likeness (QED) is 0.599. The Bertz CT molecular complexity index is 756. The summed E-state index contributed by atoms with van der Waals surface area (Å²) in [6.45, 7) is 7.12. The maximum Gasteiger partial charge on any atom is 0.418 e. The van der Waals surface area contributed by atoms with Gasteiger partial charge in [-0.05, 0) is 62.4 Å². The molecule has 114 valence electrons. The van der Waals surface area contributed by atoms with E-state index in [0.29, 0.717) is 11.1 Å². The van der Waals surface area contributed by atoms with E-state index in [-0.39, 0.29) is 5.59 Å². The fraction of sp³-hybridized carbons (Fsp3) is 0.375. The molecule has 0 bridgehead atoms. The Morgan fingerprint density at radius 1 is 1.18 bits per heavy atom. The molecule has 0 aliphatic heterocycles. The predicted octanol–water partition coefficient (Wildman–Crippen LogP) is 2.31. The van der Waals surface area contributed by atoms with Crippen molar-refractivity contribution in [1.29, 1.82) is 0 Å². The highest BCUT2D eigenvalue weighted by Crippen LogP contribution is 2.22. The molecule has 0 amide bonds. The number of ether oxygens (including phenoxy) is 2. The van der Waals surface area contributed by atoms with Gasteiger partial charge in [-0.3, -0.25) is 4.57 Å². The molecular formula is C16H18BNO4. The third-order valence-electron chi connectivity index (χ3n) is 3.16. The highest BCUT2D eigenvalue weighted by Gasteiger charge is 2.22. The average Bonchev–Trinajstić information content (AvgIpc) is 2.69. The lowest BCUT2D eigenvalue weighted by molar-refractivity contribution is 0.0546. The molecule has 1 heterocycles. The standard InChI is InChI=1S/C16H18BNO4/c1-9-6-10-7-13(17)18(15(20)22-16(2,3)4)12(10)8-11(9)14(19)21-5/h6-8H,1-5H3. The van der Waals surface area contributed by atoms with Gasteiger partial charge in [-0.25, -0.2) is 9.59 Å². The molecule has 0 unspecified atom stereocenters. The second-order valence-electron chi connectivity index (χ2n) is 6.10. The zero-order valence-corrected chi connectivity index (χ0v) is 13.4. The fourth-order valence-corrected chi connectivity index (χ4v) is 2.23. The summed E-state index contributed by atoms with van der Waals surface area (Å²) in [5.74, 6) is -0.463. The molecule has 0 spiro atoms. The third-order valence-corrected chi connectivity index (χ3v) is 3.16. The van der Waals surface area contributed by atoms with E-state index in [1.165, 1.54) is 11.7 Å². The molecular weight excluding hydrogens is 281 g/mol. The van der Waals surface area contributed by atoms with Crippen molar-refractivity contribution in [3.63, 3.8) is 0 Å². The topological polar surface area (TPSA) is 57.5 Å². The van der Waals surface area contributed by atoms with E-state index in [2.05, 4.69) is 0 Å². The van der Waals surface area contributed by atoms with Crippen LogP contribution in [0.4, 0.5) is 4.79 Å². The van der Waals surface area contributed by atoms with Gasteiger partial charge in [-0.2, -0.15) is 0 Å². The van der Waals surface area contributed by atoms with Gasteiger partial charge in [0, 0.05) is 0 Å². The van der Waals surface area contributed by atoms with Gasteiger partial charge >= 0.3 is 12.1 Å². The van der Waals surface area contributed by atoms with Crippen LogP contribution in [0.2, 0.25) is 0 Å². The molecule has 2 aromatic rings. The minimum atomic E-state index is -0.643. The monoisotopic (exact) mass is 299 g/mol. The Labute approximate surface area is 130 Å². The molecule has 0 N–H and O–H groups in total. The van der Waals surface area contributed by atoms with Gasteiger partial charge in [0.1, 0.15) is 13.4 Å². The van der Waals surface area contributed by atoms with Crippen LogP contribution in [0.3, 0.4) is 0 Å². The van der Waals surface area contributed by atoms with Crippen LogP contribution in [-0.4, -0.2) is 37.2 Å². The third kappa shape index (κ3) is 3.00. The number of aromatic nitrogens is 1. The van der Waals surface area contributed by atoms with E-state index in [1.807, 2.05) is 0 Å². The molecule has 6 heteroatoms. The maximum atomic E-state index is 12.3. The van der Waals surface area contributed by atoms with E-state index in [9.17, 15) is 9.59 Å². The molecule has 1 aromatic carbocycles. The number of nitrogens with zero attached hydrogens (tertiary/aromatic N) is 1. The predicted molar refractivity (Wildman–Crippen MR) is 85.0 cm³/mol. The average molecular weight is 299 g/mol. The SMILES string of the molecule is [B]c1cc2cc(C)c(C(=O)OC)cc2n1C(=O)OC(C)(C)C. The molecule has 0 fully saturated rings.